The third-order valence-corrected chi connectivity index (χ3v) is 4.68. The van der Waals surface area contributed by atoms with Crippen molar-refractivity contribution in [3.8, 4) is 0 Å². The van der Waals surface area contributed by atoms with Gasteiger partial charge in [0, 0.05) is 19.5 Å². The molecule has 116 valence electrons. The van der Waals surface area contributed by atoms with E-state index in [-0.39, 0.29) is 11.4 Å². The van der Waals surface area contributed by atoms with Crippen molar-refractivity contribution in [1.82, 2.24) is 20.2 Å². The van der Waals surface area contributed by atoms with Crippen LogP contribution in [-0.2, 0) is 23.0 Å². The van der Waals surface area contributed by atoms with Gasteiger partial charge in [-0.1, -0.05) is 6.92 Å². The first-order valence-corrected chi connectivity index (χ1v) is 8.29. The molecule has 7 nitrogen and oxygen atoms in total. The fourth-order valence-corrected chi connectivity index (χ4v) is 3.42. The predicted octanol–water partition coefficient (Wildman–Crippen LogP) is 0.942. The van der Waals surface area contributed by atoms with Crippen molar-refractivity contribution in [3.05, 3.63) is 35.5 Å². The maximum atomic E-state index is 12.4. The summed E-state index contributed by atoms with van der Waals surface area (Å²) in [5, 5.41) is 9.86. The number of aromatic amines is 1. The molecular weight excluding hydrogens is 292 g/mol. The summed E-state index contributed by atoms with van der Waals surface area (Å²) in [6.07, 6.45) is 2.07. The van der Waals surface area contributed by atoms with E-state index >= 15 is 0 Å². The Morgan fingerprint density at radius 2 is 2.24 bits per heavy atom. The number of H-pyrrole nitrogens is 1. The molecule has 0 unspecified atom stereocenters. The molecule has 0 atom stereocenters. The highest BCUT2D eigenvalue weighted by Crippen LogP contribution is 2.17. The summed E-state index contributed by atoms with van der Waals surface area (Å²) in [7, 11) is -3.59. The monoisotopic (exact) mass is 312 g/mol. The highest BCUT2D eigenvalue weighted by Gasteiger charge is 2.23. The molecule has 2 aromatic heterocycles. The molecule has 0 spiro atoms. The van der Waals surface area contributed by atoms with Gasteiger partial charge < -0.3 is 9.73 Å². The highest BCUT2D eigenvalue weighted by molar-refractivity contribution is 7.89. The van der Waals surface area contributed by atoms with Crippen LogP contribution in [0.5, 0.6) is 0 Å². The molecular formula is C13H20N4O3S. The Morgan fingerprint density at radius 3 is 2.90 bits per heavy atom. The van der Waals surface area contributed by atoms with E-state index in [1.165, 1.54) is 0 Å². The van der Waals surface area contributed by atoms with Crippen molar-refractivity contribution in [2.75, 3.05) is 13.1 Å². The number of aromatic nitrogens is 2. The second-order valence-electron chi connectivity index (χ2n) is 4.63. The van der Waals surface area contributed by atoms with E-state index < -0.39 is 10.0 Å². The lowest BCUT2D eigenvalue weighted by molar-refractivity contribution is 0.505. The zero-order valence-corrected chi connectivity index (χ0v) is 13.0. The van der Waals surface area contributed by atoms with Crippen molar-refractivity contribution in [3.63, 3.8) is 0 Å². The van der Waals surface area contributed by atoms with Crippen LogP contribution in [0.4, 0.5) is 0 Å². The van der Waals surface area contributed by atoms with Crippen LogP contribution in [0, 0.1) is 6.92 Å². The number of aryl methyl sites for hydroxylation is 1. The van der Waals surface area contributed by atoms with Gasteiger partial charge in [0.1, 0.15) is 10.7 Å². The zero-order chi connectivity index (χ0) is 15.3. The lowest BCUT2D eigenvalue weighted by atomic mass is 10.3. The first-order valence-electron chi connectivity index (χ1n) is 6.81. The number of hydrogen-bond donors (Lipinski definition) is 3. The van der Waals surface area contributed by atoms with Gasteiger partial charge in [0.05, 0.1) is 17.7 Å². The Bertz CT molecular complexity index is 662. The third kappa shape index (κ3) is 3.93. The zero-order valence-electron chi connectivity index (χ0n) is 12.1. The summed E-state index contributed by atoms with van der Waals surface area (Å²) in [5.74, 6) is 0.745. The summed E-state index contributed by atoms with van der Waals surface area (Å²) < 4.78 is 32.6. The van der Waals surface area contributed by atoms with Crippen molar-refractivity contribution >= 4 is 10.0 Å². The molecule has 0 amide bonds. The molecule has 0 radical (unpaired) electrons. The Labute approximate surface area is 124 Å². The van der Waals surface area contributed by atoms with E-state index in [1.54, 1.807) is 19.3 Å². The second kappa shape index (κ2) is 6.88. The number of furan rings is 1. The summed E-state index contributed by atoms with van der Waals surface area (Å²) in [6.45, 7) is 5.09. The highest BCUT2D eigenvalue weighted by atomic mass is 32.2. The minimum Gasteiger partial charge on any atom is -0.469 e. The normalized spacial score (nSPS) is 11.9. The topological polar surface area (TPSA) is 100 Å². The van der Waals surface area contributed by atoms with Crippen LogP contribution in [-0.4, -0.2) is 31.7 Å². The maximum absolute atomic E-state index is 12.4. The van der Waals surface area contributed by atoms with E-state index in [2.05, 4.69) is 20.2 Å². The Kier molecular flexibility index (Phi) is 5.16. The van der Waals surface area contributed by atoms with Gasteiger partial charge in [-0.2, -0.15) is 5.10 Å². The lowest BCUT2D eigenvalue weighted by Gasteiger charge is -2.07. The van der Waals surface area contributed by atoms with E-state index in [9.17, 15) is 8.42 Å². The molecule has 21 heavy (non-hydrogen) atoms. The van der Waals surface area contributed by atoms with Crippen LogP contribution in [0.25, 0.3) is 0 Å². The SMILES string of the molecule is CCNCc1n[nH]c(C)c1S(=O)(=O)NCCc1ccco1. The van der Waals surface area contributed by atoms with Crippen molar-refractivity contribution in [2.24, 2.45) is 0 Å². The number of nitrogens with zero attached hydrogens (tertiary/aromatic N) is 1. The Morgan fingerprint density at radius 1 is 1.43 bits per heavy atom. The van der Waals surface area contributed by atoms with Gasteiger partial charge in [-0.25, -0.2) is 13.1 Å². The van der Waals surface area contributed by atoms with Crippen LogP contribution in [0.3, 0.4) is 0 Å². The minimum absolute atomic E-state index is 0.225. The van der Waals surface area contributed by atoms with Gasteiger partial charge in [-0.05, 0) is 25.6 Å². The van der Waals surface area contributed by atoms with E-state index in [4.69, 9.17) is 4.42 Å². The molecule has 2 heterocycles. The molecule has 3 N–H and O–H groups in total. The molecule has 0 aromatic carbocycles. The molecule has 0 aliphatic rings. The fourth-order valence-electron chi connectivity index (χ4n) is 2.02. The third-order valence-electron chi connectivity index (χ3n) is 3.02. The summed E-state index contributed by atoms with van der Waals surface area (Å²) in [5.41, 5.74) is 1.04. The molecule has 0 saturated carbocycles. The fraction of sp³-hybridized carbons (Fsp3) is 0.462. The van der Waals surface area contributed by atoms with Crippen LogP contribution in [0.1, 0.15) is 24.1 Å². The number of hydrogen-bond acceptors (Lipinski definition) is 5. The number of rotatable bonds is 8. The van der Waals surface area contributed by atoms with Crippen molar-refractivity contribution < 1.29 is 12.8 Å². The van der Waals surface area contributed by atoms with Gasteiger partial charge in [-0.3, -0.25) is 5.10 Å². The van der Waals surface area contributed by atoms with Crippen molar-refractivity contribution in [1.29, 1.82) is 0 Å². The summed E-state index contributed by atoms with van der Waals surface area (Å²) >= 11 is 0. The summed E-state index contributed by atoms with van der Waals surface area (Å²) in [6, 6.07) is 3.59. The minimum atomic E-state index is -3.59. The van der Waals surface area contributed by atoms with Crippen LogP contribution in [0.15, 0.2) is 27.7 Å². The van der Waals surface area contributed by atoms with Gasteiger partial charge >= 0.3 is 0 Å². The predicted molar refractivity (Wildman–Crippen MR) is 78.3 cm³/mol. The first kappa shape index (κ1) is 15.7. The Hall–Kier alpha value is -1.64. The molecule has 8 heteroatoms. The van der Waals surface area contributed by atoms with Gasteiger partial charge in [0.15, 0.2) is 0 Å². The molecule has 0 bridgehead atoms. The van der Waals surface area contributed by atoms with Gasteiger partial charge in [0.25, 0.3) is 0 Å². The quantitative estimate of drug-likeness (QED) is 0.673. The van der Waals surface area contributed by atoms with Crippen LogP contribution < -0.4 is 10.0 Å². The molecule has 2 aromatic rings. The Balaban J connectivity index is 2.06. The average molecular weight is 312 g/mol. The smallest absolute Gasteiger partial charge is 0.244 e. The van der Waals surface area contributed by atoms with Gasteiger partial charge in [-0.15, -0.1) is 0 Å². The van der Waals surface area contributed by atoms with E-state index in [0.29, 0.717) is 24.4 Å². The van der Waals surface area contributed by atoms with Gasteiger partial charge in [0.2, 0.25) is 10.0 Å². The molecule has 0 aliphatic heterocycles. The van der Waals surface area contributed by atoms with Crippen molar-refractivity contribution in [2.45, 2.75) is 31.7 Å². The number of sulfonamides is 1. The standard InChI is InChI=1S/C13H20N4O3S/c1-3-14-9-12-13(10(2)16-17-12)21(18,19)15-7-6-11-5-4-8-20-11/h4-5,8,14-15H,3,6-7,9H2,1-2H3,(H,16,17). The average Bonchev–Trinajstić information content (AvgIpc) is 3.06. The number of nitrogens with one attached hydrogen (secondary N) is 3. The van der Waals surface area contributed by atoms with E-state index in [1.807, 2.05) is 13.0 Å². The second-order valence-corrected chi connectivity index (χ2v) is 6.34. The van der Waals surface area contributed by atoms with Crippen LogP contribution >= 0.6 is 0 Å². The molecule has 0 fully saturated rings. The largest absolute Gasteiger partial charge is 0.469 e. The molecule has 0 aliphatic carbocycles. The van der Waals surface area contributed by atoms with Crippen LogP contribution in [0.2, 0.25) is 0 Å². The first-order chi connectivity index (χ1) is 10.0. The maximum Gasteiger partial charge on any atom is 0.244 e. The van der Waals surface area contributed by atoms with E-state index in [0.717, 1.165) is 12.3 Å². The molecule has 0 saturated heterocycles. The summed E-state index contributed by atoms with van der Waals surface area (Å²) in [4.78, 5) is 0.225. The lowest BCUT2D eigenvalue weighted by Crippen LogP contribution is -2.27. The molecule has 2 rings (SSSR count).